The Balaban J connectivity index is 1.50. The summed E-state index contributed by atoms with van der Waals surface area (Å²) in [6.45, 7) is 9.16. The first kappa shape index (κ1) is 30.9. The van der Waals surface area contributed by atoms with Crippen LogP contribution in [-0.2, 0) is 23.4 Å². The third-order valence-corrected chi connectivity index (χ3v) is 8.83. The molecule has 0 bridgehead atoms. The Bertz CT molecular complexity index is 1330. The predicted molar refractivity (Wildman–Crippen MR) is 155 cm³/mol. The number of hydrogen-bond acceptors (Lipinski definition) is 10. The van der Waals surface area contributed by atoms with Gasteiger partial charge in [0.15, 0.2) is 11.5 Å². The number of nitrogens with zero attached hydrogens (tertiary/aromatic N) is 4. The number of fused-ring (bicyclic) bond motifs is 1. The monoisotopic (exact) mass is 588 g/mol. The highest BCUT2D eigenvalue weighted by Gasteiger charge is 2.38. The van der Waals surface area contributed by atoms with Crippen molar-refractivity contribution in [3.8, 4) is 5.75 Å². The fourth-order valence-electron chi connectivity index (χ4n) is 4.96. The van der Waals surface area contributed by atoms with Crippen LogP contribution in [0.25, 0.3) is 11.2 Å². The van der Waals surface area contributed by atoms with Gasteiger partial charge in [-0.15, -0.1) is 0 Å². The van der Waals surface area contributed by atoms with Crippen LogP contribution < -0.4 is 15.3 Å². The van der Waals surface area contributed by atoms with Crippen molar-refractivity contribution in [2.45, 2.75) is 97.3 Å². The fourth-order valence-corrected chi connectivity index (χ4v) is 6.65. The van der Waals surface area contributed by atoms with Crippen LogP contribution in [0.5, 0.6) is 5.75 Å². The van der Waals surface area contributed by atoms with E-state index in [0.717, 1.165) is 32.1 Å². The van der Waals surface area contributed by atoms with Crippen LogP contribution >= 0.6 is 7.75 Å². The van der Waals surface area contributed by atoms with Gasteiger partial charge in [-0.3, -0.25) is 13.9 Å². The van der Waals surface area contributed by atoms with Crippen LogP contribution in [0.3, 0.4) is 0 Å². The van der Waals surface area contributed by atoms with Crippen molar-refractivity contribution in [2.75, 3.05) is 5.73 Å². The molecule has 0 aliphatic heterocycles. The van der Waals surface area contributed by atoms with Crippen LogP contribution in [-0.4, -0.2) is 49.8 Å². The molecule has 1 saturated carbocycles. The molecule has 1 aromatic carbocycles. The zero-order valence-corrected chi connectivity index (χ0v) is 25.2. The standard InChI is InChI=1S/C28H41N6O6P/c1-18(2)25(37-21(5)34-17-32-24-26(29)30-16-31-27(24)34)20(4)39-41(36,40-23-14-10-7-11-15-23)33-19(3)28(35)38-22-12-8-6-9-13-22/h7,10-11,14-22,25H,6,8-9,12-13H2,1-5H3,(H,33,36)(H2,29,30,31)/t19?,20?,21?,25-,41?/m0/s1. The number of hydrogen-bond donors (Lipinski definition) is 2. The van der Waals surface area contributed by atoms with Gasteiger partial charge in [-0.2, -0.15) is 5.09 Å². The molecule has 13 heteroatoms. The number of imidazole rings is 1. The molecule has 41 heavy (non-hydrogen) atoms. The molecule has 5 atom stereocenters. The molecule has 1 fully saturated rings. The van der Waals surface area contributed by atoms with Crippen molar-refractivity contribution in [3.63, 3.8) is 0 Å². The number of benzene rings is 1. The number of carbonyl (C=O) groups is 1. The summed E-state index contributed by atoms with van der Waals surface area (Å²) >= 11 is 0. The van der Waals surface area contributed by atoms with Crippen LogP contribution in [0, 0.1) is 5.92 Å². The largest absolute Gasteiger partial charge is 0.461 e. The maximum atomic E-state index is 14.2. The van der Waals surface area contributed by atoms with Crippen LogP contribution in [0.2, 0.25) is 0 Å². The van der Waals surface area contributed by atoms with Gasteiger partial charge in [0.2, 0.25) is 0 Å². The Kier molecular flexibility index (Phi) is 10.4. The molecule has 0 amide bonds. The topological polar surface area (TPSA) is 153 Å². The Morgan fingerprint density at radius 3 is 2.44 bits per heavy atom. The van der Waals surface area contributed by atoms with Gasteiger partial charge >= 0.3 is 13.7 Å². The molecule has 3 aromatic rings. The fraction of sp³-hybridized carbons (Fsp3) is 0.571. The van der Waals surface area contributed by atoms with Crippen LogP contribution in [0.4, 0.5) is 5.82 Å². The van der Waals surface area contributed by atoms with Gasteiger partial charge < -0.3 is 19.7 Å². The zero-order valence-electron chi connectivity index (χ0n) is 24.3. The molecule has 2 aromatic heterocycles. The molecule has 4 unspecified atom stereocenters. The number of esters is 1. The van der Waals surface area contributed by atoms with Crippen molar-refractivity contribution >= 4 is 30.7 Å². The number of nitrogen functional groups attached to an aromatic ring is 1. The van der Waals surface area contributed by atoms with E-state index in [-0.39, 0.29) is 17.8 Å². The highest BCUT2D eigenvalue weighted by molar-refractivity contribution is 7.52. The number of ether oxygens (including phenoxy) is 2. The number of aromatic nitrogens is 4. The van der Waals surface area contributed by atoms with Crippen LogP contribution in [0.1, 0.15) is 73.0 Å². The first-order chi connectivity index (χ1) is 19.6. The minimum Gasteiger partial charge on any atom is -0.461 e. The minimum absolute atomic E-state index is 0.0409. The SMILES string of the molecule is CC(NP(=O)(Oc1ccccc1)OC(C)[C@@H](OC(C)n1cnc2c(N)ncnc21)C(C)C)C(=O)OC1CCCCC1. The van der Waals surface area contributed by atoms with E-state index in [1.165, 1.54) is 6.33 Å². The van der Waals surface area contributed by atoms with Crippen molar-refractivity contribution in [2.24, 2.45) is 5.92 Å². The van der Waals surface area contributed by atoms with Gasteiger partial charge in [-0.25, -0.2) is 19.5 Å². The van der Waals surface area contributed by atoms with Gasteiger partial charge in [0.25, 0.3) is 0 Å². The van der Waals surface area contributed by atoms with Gasteiger partial charge in [0.05, 0.1) is 18.5 Å². The lowest BCUT2D eigenvalue weighted by Gasteiger charge is -2.33. The Morgan fingerprint density at radius 2 is 1.76 bits per heavy atom. The summed E-state index contributed by atoms with van der Waals surface area (Å²) in [5, 5.41) is 2.80. The summed E-state index contributed by atoms with van der Waals surface area (Å²) < 4.78 is 40.0. The van der Waals surface area contributed by atoms with E-state index in [2.05, 4.69) is 20.0 Å². The maximum Gasteiger partial charge on any atom is 0.459 e. The van der Waals surface area contributed by atoms with E-state index in [1.54, 1.807) is 49.0 Å². The second-order valence-corrected chi connectivity index (χ2v) is 12.4. The van der Waals surface area contributed by atoms with E-state index in [9.17, 15) is 9.36 Å². The lowest BCUT2D eigenvalue weighted by Crippen LogP contribution is -2.40. The summed E-state index contributed by atoms with van der Waals surface area (Å²) in [6.07, 6.45) is 5.95. The maximum absolute atomic E-state index is 14.2. The lowest BCUT2D eigenvalue weighted by atomic mass is 9.98. The summed E-state index contributed by atoms with van der Waals surface area (Å²) in [6, 6.07) is 7.75. The summed E-state index contributed by atoms with van der Waals surface area (Å²) in [5.41, 5.74) is 6.95. The highest BCUT2D eigenvalue weighted by atomic mass is 31.2. The number of nitrogens with two attached hydrogens (primary N) is 1. The normalized spacial score (nSPS) is 18.9. The number of nitrogens with one attached hydrogen (secondary N) is 1. The quantitative estimate of drug-likeness (QED) is 0.195. The molecule has 224 valence electrons. The number of rotatable bonds is 13. The number of anilines is 1. The molecule has 1 aliphatic rings. The summed E-state index contributed by atoms with van der Waals surface area (Å²) in [7, 11) is -4.09. The van der Waals surface area contributed by atoms with E-state index in [4.69, 9.17) is 24.3 Å². The third kappa shape index (κ3) is 8.03. The van der Waals surface area contributed by atoms with Crippen molar-refractivity contribution in [1.82, 2.24) is 24.6 Å². The Morgan fingerprint density at radius 1 is 1.05 bits per heavy atom. The second-order valence-electron chi connectivity index (χ2n) is 10.8. The lowest BCUT2D eigenvalue weighted by molar-refractivity contribution is -0.152. The summed E-state index contributed by atoms with van der Waals surface area (Å²) in [5.74, 6) is 0.0737. The molecule has 2 heterocycles. The third-order valence-electron chi connectivity index (χ3n) is 7.07. The Labute approximate surface area is 240 Å². The second kappa shape index (κ2) is 13.7. The van der Waals surface area contributed by atoms with E-state index >= 15 is 0 Å². The van der Waals surface area contributed by atoms with Crippen molar-refractivity contribution in [1.29, 1.82) is 0 Å². The molecule has 12 nitrogen and oxygen atoms in total. The number of para-hydroxylation sites is 1. The van der Waals surface area contributed by atoms with Gasteiger partial charge in [0, 0.05) is 0 Å². The highest BCUT2D eigenvalue weighted by Crippen LogP contribution is 2.47. The molecule has 0 saturated heterocycles. The van der Waals surface area contributed by atoms with Gasteiger partial charge in [-0.05, 0) is 64.5 Å². The molecule has 1 aliphatic carbocycles. The molecule has 4 rings (SSSR count). The number of carbonyl (C=O) groups excluding carboxylic acids is 1. The average Bonchev–Trinajstić information content (AvgIpc) is 3.38. The Hall–Kier alpha value is -3.05. The predicted octanol–water partition coefficient (Wildman–Crippen LogP) is 5.41. The average molecular weight is 589 g/mol. The molecular formula is C28H41N6O6P. The minimum atomic E-state index is -4.09. The van der Waals surface area contributed by atoms with Crippen molar-refractivity contribution in [3.05, 3.63) is 43.0 Å². The molecule has 3 N–H and O–H groups in total. The smallest absolute Gasteiger partial charge is 0.459 e. The zero-order chi connectivity index (χ0) is 29.6. The van der Waals surface area contributed by atoms with E-state index in [1.807, 2.05) is 26.8 Å². The molecule has 0 spiro atoms. The first-order valence-corrected chi connectivity index (χ1v) is 15.7. The van der Waals surface area contributed by atoms with E-state index in [0.29, 0.717) is 16.9 Å². The molecular weight excluding hydrogens is 547 g/mol. The van der Waals surface area contributed by atoms with Gasteiger partial charge in [-0.1, -0.05) is 38.5 Å². The van der Waals surface area contributed by atoms with Crippen molar-refractivity contribution < 1.29 is 27.9 Å². The molecule has 0 radical (unpaired) electrons. The van der Waals surface area contributed by atoms with Crippen LogP contribution in [0.15, 0.2) is 43.0 Å². The first-order valence-electron chi connectivity index (χ1n) is 14.2. The van der Waals surface area contributed by atoms with Gasteiger partial charge in [0.1, 0.15) is 36.0 Å². The summed E-state index contributed by atoms with van der Waals surface area (Å²) in [4.78, 5) is 25.5. The van der Waals surface area contributed by atoms with E-state index < -0.39 is 38.2 Å².